The van der Waals surface area contributed by atoms with E-state index in [1.165, 1.54) is 32.1 Å². The minimum Gasteiger partial charge on any atom is -0.385 e. The van der Waals surface area contributed by atoms with E-state index in [1.54, 1.807) is 7.11 Å². The maximum absolute atomic E-state index is 4.96. The third-order valence-corrected chi connectivity index (χ3v) is 2.87. The molecule has 0 heterocycles. The average Bonchev–Trinajstić information content (AvgIpc) is 2.23. The molecule has 0 amide bonds. The van der Waals surface area contributed by atoms with Crippen LogP contribution in [0.25, 0.3) is 0 Å². The predicted molar refractivity (Wildman–Crippen MR) is 70.3 cm³/mol. The van der Waals surface area contributed by atoms with Gasteiger partial charge < -0.3 is 4.74 Å². The van der Waals surface area contributed by atoms with Crippen molar-refractivity contribution >= 4 is 0 Å². The van der Waals surface area contributed by atoms with Crippen LogP contribution in [0, 0.1) is 11.8 Å². The monoisotopic (exact) mass is 216 g/mol. The van der Waals surface area contributed by atoms with Crippen LogP contribution in [0.5, 0.6) is 0 Å². The van der Waals surface area contributed by atoms with Gasteiger partial charge in [0.25, 0.3) is 0 Å². The van der Waals surface area contributed by atoms with E-state index in [0.29, 0.717) is 0 Å². The van der Waals surface area contributed by atoms with Gasteiger partial charge in [-0.05, 0) is 18.3 Å². The van der Waals surface area contributed by atoms with Crippen LogP contribution in [0.15, 0.2) is 0 Å². The SMILES string of the molecule is CCCCCC.COCCC(C)C(C)C. The van der Waals surface area contributed by atoms with Gasteiger partial charge in [0.15, 0.2) is 0 Å². The number of rotatable bonds is 7. The molecule has 0 aliphatic heterocycles. The van der Waals surface area contributed by atoms with Gasteiger partial charge in [0, 0.05) is 13.7 Å². The highest BCUT2D eigenvalue weighted by Gasteiger charge is 2.04. The normalized spacial score (nSPS) is 12.2. The van der Waals surface area contributed by atoms with Gasteiger partial charge in [-0.2, -0.15) is 0 Å². The summed E-state index contributed by atoms with van der Waals surface area (Å²) in [4.78, 5) is 0. The zero-order valence-electron chi connectivity index (χ0n) is 11.8. The molecular weight excluding hydrogens is 184 g/mol. The molecule has 0 bridgehead atoms. The molecule has 0 aliphatic carbocycles. The molecule has 1 nitrogen and oxygen atoms in total. The van der Waals surface area contributed by atoms with Gasteiger partial charge in [0.2, 0.25) is 0 Å². The molecule has 0 saturated heterocycles. The molecule has 0 aromatic rings. The van der Waals surface area contributed by atoms with Gasteiger partial charge in [0.1, 0.15) is 0 Å². The lowest BCUT2D eigenvalue weighted by Crippen LogP contribution is -2.06. The summed E-state index contributed by atoms with van der Waals surface area (Å²) in [6, 6.07) is 0. The fraction of sp³-hybridized carbons (Fsp3) is 1.00. The van der Waals surface area contributed by atoms with E-state index >= 15 is 0 Å². The Bertz CT molecular complexity index is 95.5. The maximum atomic E-state index is 4.96. The molecule has 0 radical (unpaired) electrons. The molecule has 0 aromatic heterocycles. The van der Waals surface area contributed by atoms with Crippen molar-refractivity contribution in [3.05, 3.63) is 0 Å². The summed E-state index contributed by atoms with van der Waals surface area (Å²) < 4.78 is 4.96. The highest BCUT2D eigenvalue weighted by molar-refractivity contribution is 4.55. The molecule has 1 unspecified atom stereocenters. The Morgan fingerprint density at radius 2 is 1.40 bits per heavy atom. The molecule has 15 heavy (non-hydrogen) atoms. The smallest absolute Gasteiger partial charge is 0.0464 e. The predicted octanol–water partition coefficient (Wildman–Crippen LogP) is 4.90. The Morgan fingerprint density at radius 1 is 0.933 bits per heavy atom. The average molecular weight is 216 g/mol. The van der Waals surface area contributed by atoms with Crippen molar-refractivity contribution in [3.63, 3.8) is 0 Å². The maximum Gasteiger partial charge on any atom is 0.0464 e. The first-order chi connectivity index (χ1) is 7.09. The lowest BCUT2D eigenvalue weighted by atomic mass is 9.95. The van der Waals surface area contributed by atoms with Gasteiger partial charge in [-0.25, -0.2) is 0 Å². The minimum atomic E-state index is 0.792. The molecular formula is C14H32O. The summed E-state index contributed by atoms with van der Waals surface area (Å²) in [5.74, 6) is 1.59. The van der Waals surface area contributed by atoms with Crippen LogP contribution in [0.3, 0.4) is 0 Å². The fourth-order valence-corrected chi connectivity index (χ4v) is 1.14. The van der Waals surface area contributed by atoms with E-state index in [2.05, 4.69) is 34.6 Å². The van der Waals surface area contributed by atoms with E-state index in [1.807, 2.05) is 0 Å². The first-order valence-electron chi connectivity index (χ1n) is 6.58. The Balaban J connectivity index is 0. The third kappa shape index (κ3) is 16.6. The third-order valence-electron chi connectivity index (χ3n) is 2.87. The summed E-state index contributed by atoms with van der Waals surface area (Å²) >= 11 is 0. The van der Waals surface area contributed by atoms with Crippen molar-refractivity contribution in [1.82, 2.24) is 0 Å². The lowest BCUT2D eigenvalue weighted by molar-refractivity contribution is 0.170. The van der Waals surface area contributed by atoms with Crippen molar-refractivity contribution in [2.24, 2.45) is 11.8 Å². The molecule has 0 spiro atoms. The summed E-state index contributed by atoms with van der Waals surface area (Å²) in [5.41, 5.74) is 0. The standard InChI is InChI=1S/C8H18O.C6H14/c1-7(2)8(3)5-6-9-4;1-3-5-6-4-2/h7-8H,5-6H2,1-4H3;3-6H2,1-2H3. The number of hydrogen-bond acceptors (Lipinski definition) is 1. The fourth-order valence-electron chi connectivity index (χ4n) is 1.14. The van der Waals surface area contributed by atoms with Gasteiger partial charge >= 0.3 is 0 Å². The van der Waals surface area contributed by atoms with E-state index in [9.17, 15) is 0 Å². The summed E-state index contributed by atoms with van der Waals surface area (Å²) in [7, 11) is 1.76. The molecule has 0 fully saturated rings. The Labute approximate surface area is 97.6 Å². The van der Waals surface area contributed by atoms with Crippen LogP contribution in [-0.4, -0.2) is 13.7 Å². The zero-order chi connectivity index (χ0) is 12.1. The van der Waals surface area contributed by atoms with E-state index in [0.717, 1.165) is 18.4 Å². The first kappa shape index (κ1) is 17.4. The molecule has 1 atom stereocenters. The van der Waals surface area contributed by atoms with Crippen molar-refractivity contribution in [2.45, 2.75) is 66.7 Å². The van der Waals surface area contributed by atoms with Gasteiger partial charge in [-0.1, -0.05) is 60.3 Å². The van der Waals surface area contributed by atoms with Gasteiger partial charge in [-0.3, -0.25) is 0 Å². The van der Waals surface area contributed by atoms with E-state index in [4.69, 9.17) is 4.74 Å². The summed E-state index contributed by atoms with van der Waals surface area (Å²) in [6.45, 7) is 12.1. The molecule has 0 aromatic carbocycles. The van der Waals surface area contributed by atoms with Crippen LogP contribution in [0.4, 0.5) is 0 Å². The Morgan fingerprint density at radius 3 is 1.67 bits per heavy atom. The molecule has 0 saturated carbocycles. The Kier molecular flexibility index (Phi) is 16.2. The number of methoxy groups -OCH3 is 1. The first-order valence-corrected chi connectivity index (χ1v) is 6.58. The van der Waals surface area contributed by atoms with Crippen LogP contribution in [0.1, 0.15) is 66.7 Å². The quantitative estimate of drug-likeness (QED) is 0.550. The highest BCUT2D eigenvalue weighted by atomic mass is 16.5. The van der Waals surface area contributed by atoms with Crippen molar-refractivity contribution < 1.29 is 4.74 Å². The Hall–Kier alpha value is -0.0400. The van der Waals surface area contributed by atoms with Crippen LogP contribution >= 0.6 is 0 Å². The van der Waals surface area contributed by atoms with Crippen LogP contribution < -0.4 is 0 Å². The lowest BCUT2D eigenvalue weighted by Gasteiger charge is -2.13. The second kappa shape index (κ2) is 14.0. The largest absolute Gasteiger partial charge is 0.385 e. The van der Waals surface area contributed by atoms with Crippen LogP contribution in [0.2, 0.25) is 0 Å². The van der Waals surface area contributed by atoms with Crippen molar-refractivity contribution in [1.29, 1.82) is 0 Å². The van der Waals surface area contributed by atoms with E-state index in [-0.39, 0.29) is 0 Å². The molecule has 0 rings (SSSR count). The second-order valence-electron chi connectivity index (χ2n) is 4.71. The summed E-state index contributed by atoms with van der Waals surface area (Å²) in [6.07, 6.45) is 6.73. The van der Waals surface area contributed by atoms with Gasteiger partial charge in [-0.15, -0.1) is 0 Å². The zero-order valence-corrected chi connectivity index (χ0v) is 11.8. The number of ether oxygens (including phenoxy) is 1. The molecule has 0 N–H and O–H groups in total. The van der Waals surface area contributed by atoms with Crippen molar-refractivity contribution in [3.8, 4) is 0 Å². The number of unbranched alkanes of at least 4 members (excludes halogenated alkanes) is 3. The minimum absolute atomic E-state index is 0.792. The van der Waals surface area contributed by atoms with E-state index < -0.39 is 0 Å². The molecule has 1 heteroatoms. The topological polar surface area (TPSA) is 9.23 Å². The van der Waals surface area contributed by atoms with Gasteiger partial charge in [0.05, 0.1) is 0 Å². The van der Waals surface area contributed by atoms with Crippen molar-refractivity contribution in [2.75, 3.05) is 13.7 Å². The molecule has 94 valence electrons. The van der Waals surface area contributed by atoms with Crippen LogP contribution in [-0.2, 0) is 4.74 Å². The summed E-state index contributed by atoms with van der Waals surface area (Å²) in [5, 5.41) is 0. The molecule has 0 aliphatic rings. The number of hydrogen-bond donors (Lipinski definition) is 0. The second-order valence-corrected chi connectivity index (χ2v) is 4.71. The highest BCUT2D eigenvalue weighted by Crippen LogP contribution is 2.12.